The third-order valence-electron chi connectivity index (χ3n) is 2.22. The van der Waals surface area contributed by atoms with E-state index in [0.717, 1.165) is 12.3 Å². The monoisotopic (exact) mass is 304 g/mol. The maximum atomic E-state index is 12.0. The Labute approximate surface area is 112 Å². The second-order valence-corrected chi connectivity index (χ2v) is 5.75. The van der Waals surface area contributed by atoms with E-state index in [9.17, 15) is 13.2 Å². The highest BCUT2D eigenvalue weighted by atomic mass is 35.5. The minimum absolute atomic E-state index is 0.160. The summed E-state index contributed by atoms with van der Waals surface area (Å²) in [4.78, 5) is 13.1. The zero-order chi connectivity index (χ0) is 14.0. The molecule has 19 heavy (non-hydrogen) atoms. The van der Waals surface area contributed by atoms with Crippen LogP contribution in [-0.2, 0) is 10.0 Å². The summed E-state index contributed by atoms with van der Waals surface area (Å²) < 4.78 is 26.4. The highest BCUT2D eigenvalue weighted by Gasteiger charge is 2.21. The Morgan fingerprint density at radius 3 is 2.79 bits per heavy atom. The Morgan fingerprint density at radius 1 is 1.47 bits per heavy atom. The number of H-pyrrole nitrogens is 2. The Morgan fingerprint density at radius 2 is 2.21 bits per heavy atom. The standard InChI is InChI=1S/C8H9ClN6O3S/c1-4(7-11-14-15-12-7)13-19(17,18)5-2-6(9)8(16)10-3-5/h2-4,13H,1H3,(H,10,16)(H,11,12,14,15). The van der Waals surface area contributed by atoms with Gasteiger partial charge in [0.1, 0.15) is 5.02 Å². The van der Waals surface area contributed by atoms with Gasteiger partial charge in [-0.25, -0.2) is 13.1 Å². The molecule has 3 N–H and O–H groups in total. The molecule has 11 heteroatoms. The Balaban J connectivity index is 2.27. The van der Waals surface area contributed by atoms with Crippen molar-refractivity contribution in [2.24, 2.45) is 0 Å². The van der Waals surface area contributed by atoms with Crippen molar-refractivity contribution in [1.29, 1.82) is 0 Å². The lowest BCUT2D eigenvalue weighted by Crippen LogP contribution is -2.28. The van der Waals surface area contributed by atoms with Gasteiger partial charge in [0.05, 0.1) is 10.9 Å². The van der Waals surface area contributed by atoms with Gasteiger partial charge >= 0.3 is 0 Å². The number of pyridine rings is 1. The van der Waals surface area contributed by atoms with Gasteiger partial charge in [-0.15, -0.1) is 10.2 Å². The van der Waals surface area contributed by atoms with Crippen molar-refractivity contribution in [3.8, 4) is 0 Å². The van der Waals surface area contributed by atoms with Gasteiger partial charge in [0.2, 0.25) is 10.0 Å². The minimum Gasteiger partial charge on any atom is -0.326 e. The quantitative estimate of drug-likeness (QED) is 0.702. The van der Waals surface area contributed by atoms with E-state index in [1.807, 2.05) is 0 Å². The lowest BCUT2D eigenvalue weighted by atomic mass is 10.4. The molecular formula is C8H9ClN6O3S. The minimum atomic E-state index is -3.85. The van der Waals surface area contributed by atoms with Gasteiger partial charge in [0.25, 0.3) is 5.56 Å². The zero-order valence-electron chi connectivity index (χ0n) is 9.58. The van der Waals surface area contributed by atoms with Crippen molar-refractivity contribution in [2.45, 2.75) is 17.9 Å². The summed E-state index contributed by atoms with van der Waals surface area (Å²) in [6, 6.07) is 0.375. The van der Waals surface area contributed by atoms with Crippen LogP contribution in [0.2, 0.25) is 5.02 Å². The fourth-order valence-corrected chi connectivity index (χ4v) is 2.73. The number of aromatic nitrogens is 5. The summed E-state index contributed by atoms with van der Waals surface area (Å²) in [7, 11) is -3.85. The molecule has 102 valence electrons. The Bertz CT molecular complexity index is 725. The third kappa shape index (κ3) is 2.97. The summed E-state index contributed by atoms with van der Waals surface area (Å²) in [5.41, 5.74) is -0.563. The summed E-state index contributed by atoms with van der Waals surface area (Å²) in [6.45, 7) is 1.55. The van der Waals surface area contributed by atoms with Gasteiger partial charge in [0, 0.05) is 6.20 Å². The van der Waals surface area contributed by atoms with Crippen molar-refractivity contribution >= 4 is 21.6 Å². The molecule has 0 aliphatic carbocycles. The van der Waals surface area contributed by atoms with Crippen LogP contribution in [0.15, 0.2) is 22.0 Å². The number of nitrogens with one attached hydrogen (secondary N) is 3. The van der Waals surface area contributed by atoms with Crippen LogP contribution in [0.5, 0.6) is 0 Å². The predicted octanol–water partition coefficient (Wildman–Crippen LogP) is -0.419. The fraction of sp³-hybridized carbons (Fsp3) is 0.250. The van der Waals surface area contributed by atoms with Crippen LogP contribution in [-0.4, -0.2) is 34.0 Å². The van der Waals surface area contributed by atoms with Gasteiger partial charge in [0.15, 0.2) is 5.82 Å². The number of tetrazole rings is 1. The topological polar surface area (TPSA) is 133 Å². The number of halogens is 1. The predicted molar refractivity (Wildman–Crippen MR) is 65.0 cm³/mol. The molecule has 0 bridgehead atoms. The molecule has 0 radical (unpaired) electrons. The van der Waals surface area contributed by atoms with Crippen molar-refractivity contribution in [3.63, 3.8) is 0 Å². The first-order valence-corrected chi connectivity index (χ1v) is 6.90. The van der Waals surface area contributed by atoms with Crippen LogP contribution >= 0.6 is 11.6 Å². The van der Waals surface area contributed by atoms with Gasteiger partial charge in [-0.05, 0) is 13.0 Å². The first kappa shape index (κ1) is 13.6. The summed E-state index contributed by atoms with van der Waals surface area (Å²) in [5.74, 6) is 0.194. The third-order valence-corrected chi connectivity index (χ3v) is 4.02. The van der Waals surface area contributed by atoms with Crippen LogP contribution in [0.4, 0.5) is 0 Å². The molecule has 0 fully saturated rings. The van der Waals surface area contributed by atoms with Crippen molar-refractivity contribution in [2.75, 3.05) is 0 Å². The molecule has 2 aromatic rings. The number of sulfonamides is 1. The highest BCUT2D eigenvalue weighted by Crippen LogP contribution is 2.14. The fourth-order valence-electron chi connectivity index (χ4n) is 1.30. The molecule has 2 aromatic heterocycles. The molecule has 0 aliphatic rings. The normalized spacial score (nSPS) is 13.4. The lowest BCUT2D eigenvalue weighted by Gasteiger charge is -2.10. The number of rotatable bonds is 4. The first-order valence-electron chi connectivity index (χ1n) is 5.04. The summed E-state index contributed by atoms with van der Waals surface area (Å²) >= 11 is 5.58. The van der Waals surface area contributed by atoms with Crippen LogP contribution < -0.4 is 10.3 Å². The maximum Gasteiger partial charge on any atom is 0.266 e. The lowest BCUT2D eigenvalue weighted by molar-refractivity contribution is 0.559. The average Bonchev–Trinajstić information content (AvgIpc) is 2.85. The van der Waals surface area contributed by atoms with E-state index in [1.54, 1.807) is 6.92 Å². The van der Waals surface area contributed by atoms with E-state index in [4.69, 9.17) is 11.6 Å². The number of nitrogens with zero attached hydrogens (tertiary/aromatic N) is 3. The molecule has 0 amide bonds. The second kappa shape index (κ2) is 5.07. The molecule has 2 heterocycles. The van der Waals surface area contributed by atoms with Crippen LogP contribution in [0, 0.1) is 0 Å². The number of aromatic amines is 2. The van der Waals surface area contributed by atoms with Crippen LogP contribution in [0.1, 0.15) is 18.8 Å². The SMILES string of the molecule is CC(NS(=O)(=O)c1c[nH]c(=O)c(Cl)c1)c1nn[nH]n1. The summed E-state index contributed by atoms with van der Waals surface area (Å²) in [5, 5.41) is 12.7. The molecule has 0 saturated carbocycles. The van der Waals surface area contributed by atoms with Crippen LogP contribution in [0.25, 0.3) is 0 Å². The Kier molecular flexibility index (Phi) is 3.64. The molecule has 0 aliphatic heterocycles. The second-order valence-electron chi connectivity index (χ2n) is 3.63. The maximum absolute atomic E-state index is 12.0. The number of hydrogen-bond donors (Lipinski definition) is 3. The van der Waals surface area contributed by atoms with Gasteiger partial charge in [-0.3, -0.25) is 4.79 Å². The van der Waals surface area contributed by atoms with Crippen molar-refractivity contribution < 1.29 is 8.42 Å². The molecule has 0 aromatic carbocycles. The van der Waals surface area contributed by atoms with Crippen LogP contribution in [0.3, 0.4) is 0 Å². The molecule has 0 saturated heterocycles. The van der Waals surface area contributed by atoms with Gasteiger partial charge in [-0.1, -0.05) is 16.8 Å². The van der Waals surface area contributed by atoms with E-state index in [0.29, 0.717) is 0 Å². The number of hydrogen-bond acceptors (Lipinski definition) is 6. The molecule has 1 unspecified atom stereocenters. The Hall–Kier alpha value is -1.78. The van der Waals surface area contributed by atoms with E-state index < -0.39 is 21.6 Å². The first-order chi connectivity index (χ1) is 8.90. The van der Waals surface area contributed by atoms with Crippen molar-refractivity contribution in [1.82, 2.24) is 30.3 Å². The highest BCUT2D eigenvalue weighted by molar-refractivity contribution is 7.89. The molecule has 9 nitrogen and oxygen atoms in total. The van der Waals surface area contributed by atoms with Gasteiger partial charge < -0.3 is 4.98 Å². The molecule has 0 spiro atoms. The van der Waals surface area contributed by atoms with E-state index in [2.05, 4.69) is 30.3 Å². The van der Waals surface area contributed by atoms with Crippen molar-refractivity contribution in [3.05, 3.63) is 33.5 Å². The molecular weight excluding hydrogens is 296 g/mol. The smallest absolute Gasteiger partial charge is 0.266 e. The van der Waals surface area contributed by atoms with E-state index in [-0.39, 0.29) is 15.7 Å². The van der Waals surface area contributed by atoms with Gasteiger partial charge in [-0.2, -0.15) is 5.21 Å². The summed E-state index contributed by atoms with van der Waals surface area (Å²) in [6.07, 6.45) is 1.06. The average molecular weight is 305 g/mol. The molecule has 1 atom stereocenters. The largest absolute Gasteiger partial charge is 0.326 e. The van der Waals surface area contributed by atoms with E-state index in [1.165, 1.54) is 0 Å². The molecule has 2 rings (SSSR count). The van der Waals surface area contributed by atoms with E-state index >= 15 is 0 Å². The zero-order valence-corrected chi connectivity index (χ0v) is 11.2.